The maximum absolute atomic E-state index is 14.8. The van der Waals surface area contributed by atoms with E-state index in [2.05, 4.69) is 4.90 Å². The number of ether oxygens (including phenoxy) is 2. The van der Waals surface area contributed by atoms with Crippen molar-refractivity contribution in [3.05, 3.63) is 56.6 Å². The lowest BCUT2D eigenvalue weighted by atomic mass is 9.86. The van der Waals surface area contributed by atoms with Crippen LogP contribution in [0.1, 0.15) is 48.4 Å². The highest BCUT2D eigenvalue weighted by Crippen LogP contribution is 2.41. The molecule has 3 aliphatic rings. The average molecular weight is 509 g/mol. The first-order valence-electron chi connectivity index (χ1n) is 12.6. The molecule has 0 radical (unpaired) electrons. The van der Waals surface area contributed by atoms with E-state index in [0.717, 1.165) is 42.4 Å². The quantitative estimate of drug-likeness (QED) is 0.403. The maximum atomic E-state index is 14.8. The third kappa shape index (κ3) is 3.58. The highest BCUT2D eigenvalue weighted by Gasteiger charge is 2.45. The summed E-state index contributed by atoms with van der Waals surface area (Å²) in [5.74, 6) is -1.17. The van der Waals surface area contributed by atoms with Crippen molar-refractivity contribution in [1.82, 2.24) is 14.5 Å². The van der Waals surface area contributed by atoms with Crippen molar-refractivity contribution in [3.63, 3.8) is 0 Å². The molecule has 5 heterocycles. The summed E-state index contributed by atoms with van der Waals surface area (Å²) >= 11 is 0. The van der Waals surface area contributed by atoms with Gasteiger partial charge in [0.2, 0.25) is 0 Å². The van der Waals surface area contributed by atoms with Crippen LogP contribution in [-0.2, 0) is 34.8 Å². The van der Waals surface area contributed by atoms with Crippen molar-refractivity contribution in [2.45, 2.75) is 57.5 Å². The predicted octanol–water partition coefficient (Wildman–Crippen LogP) is 2.15. The Morgan fingerprint density at radius 3 is 2.70 bits per heavy atom. The van der Waals surface area contributed by atoms with Gasteiger partial charge < -0.3 is 24.9 Å². The predicted molar refractivity (Wildman–Crippen MR) is 134 cm³/mol. The number of fused-ring (bicyclic) bond motifs is 5. The van der Waals surface area contributed by atoms with E-state index in [1.165, 1.54) is 13.2 Å². The van der Waals surface area contributed by atoms with Crippen LogP contribution in [0.4, 0.5) is 4.39 Å². The molecular formula is C27H29FN4O5. The van der Waals surface area contributed by atoms with Crippen molar-refractivity contribution >= 4 is 16.9 Å². The van der Waals surface area contributed by atoms with E-state index in [9.17, 15) is 19.1 Å². The maximum Gasteiger partial charge on any atom is 0.343 e. The van der Waals surface area contributed by atoms with Gasteiger partial charge in [0.15, 0.2) is 17.2 Å². The van der Waals surface area contributed by atoms with Crippen molar-refractivity contribution in [1.29, 1.82) is 0 Å². The summed E-state index contributed by atoms with van der Waals surface area (Å²) in [5.41, 5.74) is 7.72. The van der Waals surface area contributed by atoms with E-state index >= 15 is 0 Å². The lowest BCUT2D eigenvalue weighted by Gasteiger charge is -2.31. The summed E-state index contributed by atoms with van der Waals surface area (Å²) in [6.45, 7) is 4.02. The number of methoxy groups -OCH3 is 1. The Labute approximate surface area is 212 Å². The van der Waals surface area contributed by atoms with E-state index in [0.29, 0.717) is 23.4 Å². The third-order valence-corrected chi connectivity index (χ3v) is 8.09. The molecule has 0 bridgehead atoms. The molecule has 3 N–H and O–H groups in total. The first-order valence-corrected chi connectivity index (χ1v) is 12.6. The van der Waals surface area contributed by atoms with Crippen LogP contribution in [-0.4, -0.2) is 51.8 Å². The minimum atomic E-state index is -1.91. The average Bonchev–Trinajstić information content (AvgIpc) is 3.26. The molecule has 0 amide bonds. The normalized spacial score (nSPS) is 21.5. The number of aliphatic hydroxyl groups is 1. The minimum Gasteiger partial charge on any atom is -0.494 e. The van der Waals surface area contributed by atoms with Crippen molar-refractivity contribution in [2.24, 2.45) is 5.73 Å². The van der Waals surface area contributed by atoms with E-state index in [1.54, 1.807) is 23.6 Å². The molecule has 1 saturated heterocycles. The van der Waals surface area contributed by atoms with Crippen molar-refractivity contribution in [2.75, 3.05) is 20.2 Å². The van der Waals surface area contributed by atoms with Gasteiger partial charge in [-0.1, -0.05) is 6.92 Å². The van der Waals surface area contributed by atoms with Gasteiger partial charge in [0.05, 0.1) is 36.1 Å². The number of piperidine rings is 1. The Bertz CT molecular complexity index is 1510. The molecule has 37 heavy (non-hydrogen) atoms. The second kappa shape index (κ2) is 8.61. The zero-order chi connectivity index (χ0) is 26.1. The number of esters is 1. The Morgan fingerprint density at radius 1 is 1.24 bits per heavy atom. The van der Waals surface area contributed by atoms with Gasteiger partial charge >= 0.3 is 5.97 Å². The van der Waals surface area contributed by atoms with Crippen LogP contribution in [0, 0.1) is 5.82 Å². The summed E-state index contributed by atoms with van der Waals surface area (Å²) in [7, 11) is 1.43. The number of benzene rings is 1. The number of carbonyl (C=O) groups excluding carboxylic acids is 1. The number of aromatic nitrogens is 2. The Morgan fingerprint density at radius 2 is 2.00 bits per heavy atom. The van der Waals surface area contributed by atoms with Gasteiger partial charge in [-0.3, -0.25) is 9.69 Å². The molecule has 9 nitrogen and oxygen atoms in total. The third-order valence-electron chi connectivity index (χ3n) is 8.09. The number of halogens is 1. The van der Waals surface area contributed by atoms with E-state index in [1.807, 2.05) is 0 Å². The number of pyridine rings is 2. The standard InChI is InChI=1S/C27H29FN4O5/c1-3-27(35)19-9-22-24-17(12-32(22)25(33)18(19)13-37-26(27)34)16(11-31-6-4-14(29)5-7-31)15-8-23(36-2)20(28)10-21(15)30-24/h8-10,14,35H,3-7,11-13,29H2,1-2H3/t27-/m0/s1. The zero-order valence-electron chi connectivity index (χ0n) is 20.8. The second-order valence-corrected chi connectivity index (χ2v) is 10.1. The number of carbonyl (C=O) groups is 1. The second-order valence-electron chi connectivity index (χ2n) is 10.1. The first-order chi connectivity index (χ1) is 17.7. The Hall–Kier alpha value is -3.34. The van der Waals surface area contributed by atoms with Crippen molar-refractivity contribution in [3.8, 4) is 17.1 Å². The number of rotatable bonds is 4. The molecule has 1 fully saturated rings. The summed E-state index contributed by atoms with van der Waals surface area (Å²) in [5, 5.41) is 11.9. The van der Waals surface area contributed by atoms with Crippen LogP contribution in [0.3, 0.4) is 0 Å². The van der Waals surface area contributed by atoms with Gasteiger partial charge in [-0.25, -0.2) is 14.2 Å². The van der Waals surface area contributed by atoms with Crippen molar-refractivity contribution < 1.29 is 23.8 Å². The van der Waals surface area contributed by atoms with E-state index < -0.39 is 17.4 Å². The number of likely N-dealkylation sites (tertiary alicyclic amines) is 1. The fourth-order valence-electron chi connectivity index (χ4n) is 5.84. The molecule has 3 aromatic rings. The summed E-state index contributed by atoms with van der Waals surface area (Å²) in [4.78, 5) is 33.2. The molecular weight excluding hydrogens is 479 g/mol. The number of nitrogens with zero attached hydrogens (tertiary/aromatic N) is 3. The van der Waals surface area contributed by atoms with Crippen LogP contribution >= 0.6 is 0 Å². The van der Waals surface area contributed by atoms with E-state index in [-0.39, 0.29) is 48.0 Å². The highest BCUT2D eigenvalue weighted by atomic mass is 19.1. The molecule has 0 aliphatic carbocycles. The molecule has 194 valence electrons. The number of hydrogen-bond donors (Lipinski definition) is 2. The molecule has 3 aliphatic heterocycles. The molecule has 1 atom stereocenters. The highest BCUT2D eigenvalue weighted by molar-refractivity contribution is 5.90. The van der Waals surface area contributed by atoms with Gasteiger partial charge in [-0.05, 0) is 50.0 Å². The van der Waals surface area contributed by atoms with Gasteiger partial charge in [-0.15, -0.1) is 0 Å². The fourth-order valence-corrected chi connectivity index (χ4v) is 5.84. The van der Waals surface area contributed by atoms with Crippen LogP contribution in [0.5, 0.6) is 5.75 Å². The van der Waals surface area contributed by atoms with Gasteiger partial charge in [-0.2, -0.15) is 0 Å². The van der Waals surface area contributed by atoms with E-state index in [4.69, 9.17) is 20.2 Å². The number of cyclic esters (lactones) is 1. The molecule has 10 heteroatoms. The number of nitrogens with two attached hydrogens (primary N) is 1. The molecule has 2 aromatic heterocycles. The Balaban J connectivity index is 1.57. The first kappa shape index (κ1) is 24.0. The van der Waals surface area contributed by atoms with Crippen LogP contribution < -0.4 is 16.0 Å². The van der Waals surface area contributed by atoms with Gasteiger partial charge in [0.1, 0.15) is 6.61 Å². The smallest absolute Gasteiger partial charge is 0.343 e. The Kier molecular flexibility index (Phi) is 5.59. The lowest BCUT2D eigenvalue weighted by molar-refractivity contribution is -0.172. The largest absolute Gasteiger partial charge is 0.494 e. The molecule has 0 spiro atoms. The SMILES string of the molecule is CC[C@@]1(O)C(=O)OCc2c1cc1n(c2=O)Cc2c-1nc1cc(F)c(OC)cc1c2CN1CCC(N)CC1. The summed E-state index contributed by atoms with van der Waals surface area (Å²) in [6.07, 6.45) is 1.84. The molecule has 6 rings (SSSR count). The summed E-state index contributed by atoms with van der Waals surface area (Å²) < 4.78 is 26.8. The van der Waals surface area contributed by atoms with Crippen LogP contribution in [0.15, 0.2) is 23.0 Å². The summed E-state index contributed by atoms with van der Waals surface area (Å²) in [6, 6.07) is 4.88. The monoisotopic (exact) mass is 508 g/mol. The fraction of sp³-hybridized carbons (Fsp3) is 0.444. The van der Waals surface area contributed by atoms with Gasteiger partial charge in [0, 0.05) is 35.2 Å². The topological polar surface area (TPSA) is 120 Å². The molecule has 1 aromatic carbocycles. The molecule has 0 unspecified atom stereocenters. The van der Waals surface area contributed by atoms with Crippen LogP contribution in [0.2, 0.25) is 0 Å². The molecule has 0 saturated carbocycles. The minimum absolute atomic E-state index is 0.0626. The zero-order valence-corrected chi connectivity index (χ0v) is 20.8. The number of hydrogen-bond acceptors (Lipinski definition) is 8. The lowest BCUT2D eigenvalue weighted by Crippen LogP contribution is -2.44. The van der Waals surface area contributed by atoms with Crippen LogP contribution in [0.25, 0.3) is 22.3 Å². The van der Waals surface area contributed by atoms with Gasteiger partial charge in [0.25, 0.3) is 5.56 Å².